The summed E-state index contributed by atoms with van der Waals surface area (Å²) in [6.45, 7) is 15.4. The standard InChI is InChI=1S/C28H47N3O/c1-5-6-15-29-17-19-30(20-18-29)27-10-9-24(31-16-7-8-25(22-31)32-4)21-26(27)23-11-13-28(2,3)14-12-23/h9-10,21,23,25H,5-8,11-20,22H2,1-4H3/t25-/m1/s1. The fourth-order valence-corrected chi connectivity index (χ4v) is 6.02. The lowest BCUT2D eigenvalue weighted by Gasteiger charge is -2.41. The van der Waals surface area contributed by atoms with Crippen molar-refractivity contribution in [3.63, 3.8) is 0 Å². The maximum absolute atomic E-state index is 5.71. The molecule has 0 bridgehead atoms. The molecule has 0 unspecified atom stereocenters. The zero-order chi connectivity index (χ0) is 22.6. The highest BCUT2D eigenvalue weighted by molar-refractivity contribution is 5.63. The quantitative estimate of drug-likeness (QED) is 0.524. The minimum absolute atomic E-state index is 0.374. The number of piperidine rings is 1. The van der Waals surface area contributed by atoms with Gasteiger partial charge in [0.1, 0.15) is 0 Å². The van der Waals surface area contributed by atoms with Gasteiger partial charge in [-0.25, -0.2) is 0 Å². The van der Waals surface area contributed by atoms with Crippen LogP contribution in [0.3, 0.4) is 0 Å². The van der Waals surface area contributed by atoms with Gasteiger partial charge >= 0.3 is 0 Å². The van der Waals surface area contributed by atoms with E-state index in [4.69, 9.17) is 4.74 Å². The van der Waals surface area contributed by atoms with Crippen molar-refractivity contribution in [2.45, 2.75) is 84.2 Å². The summed E-state index contributed by atoms with van der Waals surface area (Å²) in [6, 6.07) is 7.43. The van der Waals surface area contributed by atoms with E-state index < -0.39 is 0 Å². The van der Waals surface area contributed by atoms with Crippen molar-refractivity contribution in [2.24, 2.45) is 5.41 Å². The molecule has 0 amide bonds. The second-order valence-corrected chi connectivity index (χ2v) is 11.3. The highest BCUT2D eigenvalue weighted by Gasteiger charge is 2.31. The van der Waals surface area contributed by atoms with Crippen LogP contribution in [0, 0.1) is 5.41 Å². The van der Waals surface area contributed by atoms with Crippen molar-refractivity contribution in [3.8, 4) is 0 Å². The van der Waals surface area contributed by atoms with Crippen LogP contribution in [0.25, 0.3) is 0 Å². The lowest BCUT2D eigenvalue weighted by Crippen LogP contribution is -2.47. The van der Waals surface area contributed by atoms with Crippen LogP contribution in [-0.2, 0) is 4.74 Å². The van der Waals surface area contributed by atoms with Crippen LogP contribution in [0.1, 0.15) is 83.6 Å². The Bertz CT molecular complexity index is 715. The highest BCUT2D eigenvalue weighted by Crippen LogP contribution is 2.46. The first-order chi connectivity index (χ1) is 15.5. The number of piperazine rings is 1. The van der Waals surface area contributed by atoms with Crippen LogP contribution in [0.15, 0.2) is 18.2 Å². The van der Waals surface area contributed by atoms with Crippen LogP contribution in [-0.4, -0.2) is 63.9 Å². The predicted octanol–water partition coefficient (Wildman–Crippen LogP) is 5.91. The Labute approximate surface area is 197 Å². The number of unbranched alkanes of at least 4 members (excludes halogenated alkanes) is 1. The molecular weight excluding hydrogens is 394 g/mol. The van der Waals surface area contributed by atoms with Gasteiger partial charge in [-0.15, -0.1) is 0 Å². The molecule has 32 heavy (non-hydrogen) atoms. The Morgan fingerprint density at radius 3 is 2.41 bits per heavy atom. The Morgan fingerprint density at radius 1 is 0.969 bits per heavy atom. The molecule has 1 aromatic carbocycles. The highest BCUT2D eigenvalue weighted by atomic mass is 16.5. The van der Waals surface area contributed by atoms with Gasteiger partial charge < -0.3 is 14.5 Å². The summed E-state index contributed by atoms with van der Waals surface area (Å²) in [7, 11) is 1.87. The second-order valence-electron chi connectivity index (χ2n) is 11.3. The van der Waals surface area contributed by atoms with E-state index in [-0.39, 0.29) is 0 Å². The van der Waals surface area contributed by atoms with E-state index in [1.54, 1.807) is 5.56 Å². The number of anilines is 2. The van der Waals surface area contributed by atoms with Gasteiger partial charge in [0.25, 0.3) is 0 Å². The molecule has 2 aliphatic heterocycles. The zero-order valence-corrected chi connectivity index (χ0v) is 21.2. The summed E-state index contributed by atoms with van der Waals surface area (Å²) in [5.41, 5.74) is 5.07. The first-order valence-electron chi connectivity index (χ1n) is 13.4. The van der Waals surface area contributed by atoms with Crippen molar-refractivity contribution >= 4 is 11.4 Å². The van der Waals surface area contributed by atoms with Gasteiger partial charge in [-0.1, -0.05) is 27.2 Å². The molecule has 180 valence electrons. The van der Waals surface area contributed by atoms with E-state index in [1.807, 2.05) is 7.11 Å². The molecule has 3 fully saturated rings. The van der Waals surface area contributed by atoms with Gasteiger partial charge in [0.05, 0.1) is 6.10 Å². The summed E-state index contributed by atoms with van der Waals surface area (Å²) < 4.78 is 5.71. The minimum Gasteiger partial charge on any atom is -0.380 e. The summed E-state index contributed by atoms with van der Waals surface area (Å²) in [5.74, 6) is 0.708. The molecule has 4 heteroatoms. The van der Waals surface area contributed by atoms with Gasteiger partial charge in [-0.05, 0) is 86.6 Å². The van der Waals surface area contributed by atoms with Crippen molar-refractivity contribution in [1.82, 2.24) is 4.90 Å². The molecular formula is C28H47N3O. The Kier molecular flexibility index (Phi) is 8.04. The monoisotopic (exact) mass is 441 g/mol. The van der Waals surface area contributed by atoms with Crippen LogP contribution < -0.4 is 9.80 Å². The Balaban J connectivity index is 1.54. The van der Waals surface area contributed by atoms with Crippen molar-refractivity contribution in [3.05, 3.63) is 23.8 Å². The lowest BCUT2D eigenvalue weighted by atomic mass is 9.71. The van der Waals surface area contributed by atoms with E-state index in [9.17, 15) is 0 Å². The molecule has 1 aromatic rings. The van der Waals surface area contributed by atoms with E-state index in [2.05, 4.69) is 53.7 Å². The van der Waals surface area contributed by atoms with Crippen LogP contribution in [0.4, 0.5) is 11.4 Å². The van der Waals surface area contributed by atoms with Gasteiger partial charge in [0.15, 0.2) is 0 Å². The Morgan fingerprint density at radius 2 is 1.72 bits per heavy atom. The van der Waals surface area contributed by atoms with E-state index >= 15 is 0 Å². The van der Waals surface area contributed by atoms with Crippen LogP contribution >= 0.6 is 0 Å². The van der Waals surface area contributed by atoms with Gasteiger partial charge in [0, 0.05) is 57.8 Å². The average Bonchev–Trinajstić information content (AvgIpc) is 2.83. The topological polar surface area (TPSA) is 19.0 Å². The van der Waals surface area contributed by atoms with Gasteiger partial charge in [-0.2, -0.15) is 0 Å². The third-order valence-corrected chi connectivity index (χ3v) is 8.41. The molecule has 3 aliphatic rings. The first kappa shape index (κ1) is 23.9. The number of hydrogen-bond donors (Lipinski definition) is 0. The van der Waals surface area contributed by atoms with E-state index in [1.165, 1.54) is 95.5 Å². The summed E-state index contributed by atoms with van der Waals surface area (Å²) in [4.78, 5) is 7.92. The average molecular weight is 442 g/mol. The van der Waals surface area contributed by atoms with Gasteiger partial charge in [0.2, 0.25) is 0 Å². The van der Waals surface area contributed by atoms with Crippen molar-refractivity contribution in [1.29, 1.82) is 0 Å². The molecule has 1 saturated carbocycles. The predicted molar refractivity (Wildman–Crippen MR) is 137 cm³/mol. The minimum atomic E-state index is 0.374. The number of rotatable bonds is 7. The Hall–Kier alpha value is -1.26. The SMILES string of the molecule is CCCCN1CCN(c2ccc(N3CCC[C@@H](OC)C3)cc2C2CCC(C)(C)CC2)CC1. The molecule has 2 heterocycles. The number of benzene rings is 1. The van der Waals surface area contributed by atoms with E-state index in [0.29, 0.717) is 17.4 Å². The van der Waals surface area contributed by atoms with Crippen molar-refractivity contribution in [2.75, 3.05) is 62.7 Å². The molecule has 0 radical (unpaired) electrons. The fraction of sp³-hybridized carbons (Fsp3) is 0.786. The third kappa shape index (κ3) is 5.80. The van der Waals surface area contributed by atoms with E-state index in [0.717, 1.165) is 13.1 Å². The molecule has 0 N–H and O–H groups in total. The molecule has 1 atom stereocenters. The first-order valence-corrected chi connectivity index (χ1v) is 13.4. The number of hydrogen-bond acceptors (Lipinski definition) is 4. The zero-order valence-electron chi connectivity index (χ0n) is 21.2. The van der Waals surface area contributed by atoms with Crippen LogP contribution in [0.5, 0.6) is 0 Å². The molecule has 0 spiro atoms. The van der Waals surface area contributed by atoms with Gasteiger partial charge in [-0.3, -0.25) is 4.90 Å². The molecule has 4 rings (SSSR count). The maximum Gasteiger partial charge on any atom is 0.0746 e. The number of ether oxygens (including phenoxy) is 1. The summed E-state index contributed by atoms with van der Waals surface area (Å²) in [5, 5.41) is 0. The fourth-order valence-electron chi connectivity index (χ4n) is 6.02. The van der Waals surface area contributed by atoms with Crippen molar-refractivity contribution < 1.29 is 4.74 Å². The molecule has 0 aromatic heterocycles. The normalized spacial score (nSPS) is 25.3. The largest absolute Gasteiger partial charge is 0.380 e. The summed E-state index contributed by atoms with van der Waals surface area (Å²) in [6.07, 6.45) is 10.8. The molecule has 1 aliphatic carbocycles. The lowest BCUT2D eigenvalue weighted by molar-refractivity contribution is 0.0893. The number of nitrogens with zero attached hydrogens (tertiary/aromatic N) is 3. The second kappa shape index (κ2) is 10.8. The smallest absolute Gasteiger partial charge is 0.0746 e. The van der Waals surface area contributed by atoms with Crippen LogP contribution in [0.2, 0.25) is 0 Å². The summed E-state index contributed by atoms with van der Waals surface area (Å²) >= 11 is 0. The number of methoxy groups -OCH3 is 1. The third-order valence-electron chi connectivity index (χ3n) is 8.41. The maximum atomic E-state index is 5.71. The molecule has 2 saturated heterocycles. The molecule has 4 nitrogen and oxygen atoms in total.